The number of rotatable bonds is 3. The van der Waals surface area contributed by atoms with E-state index in [-0.39, 0.29) is 5.82 Å². The topological polar surface area (TPSA) is 44.9 Å². The van der Waals surface area contributed by atoms with Gasteiger partial charge in [0.15, 0.2) is 0 Å². The summed E-state index contributed by atoms with van der Waals surface area (Å²) in [6, 6.07) is 4.65. The maximum Gasteiger partial charge on any atom is 0.128 e. The van der Waals surface area contributed by atoms with Crippen LogP contribution in [-0.4, -0.2) is 27.1 Å². The van der Waals surface area contributed by atoms with Crippen LogP contribution in [0.15, 0.2) is 30.6 Å². The lowest BCUT2D eigenvalue weighted by Crippen LogP contribution is -2.28. The number of nitrogens with zero attached hydrogens (tertiary/aromatic N) is 3. The fourth-order valence-corrected chi connectivity index (χ4v) is 2.37. The summed E-state index contributed by atoms with van der Waals surface area (Å²) in [5.74, 6) is 0.117. The van der Waals surface area contributed by atoms with Crippen molar-refractivity contribution < 1.29 is 4.39 Å². The zero-order valence-electron chi connectivity index (χ0n) is 10.7. The third-order valence-electron chi connectivity index (χ3n) is 3.37. The van der Waals surface area contributed by atoms with Gasteiger partial charge in [-0.05, 0) is 30.2 Å². The van der Waals surface area contributed by atoms with Crippen molar-refractivity contribution in [2.24, 2.45) is 0 Å². The Hall–Kier alpha value is -2.17. The first-order valence-electron chi connectivity index (χ1n) is 6.25. The van der Waals surface area contributed by atoms with Crippen LogP contribution in [0.3, 0.4) is 0 Å². The van der Waals surface area contributed by atoms with Crippen molar-refractivity contribution in [1.29, 1.82) is 5.41 Å². The number of halogens is 1. The summed E-state index contributed by atoms with van der Waals surface area (Å²) in [4.78, 5) is 1.95. The van der Waals surface area contributed by atoms with Gasteiger partial charge < -0.3 is 4.90 Å². The van der Waals surface area contributed by atoms with E-state index in [1.165, 1.54) is 12.1 Å². The Bertz CT molecular complexity index is 632. The van der Waals surface area contributed by atoms with Crippen LogP contribution in [0.5, 0.6) is 0 Å². The number of nitrogens with one attached hydrogen (secondary N) is 1. The molecule has 0 saturated carbocycles. The molecule has 19 heavy (non-hydrogen) atoms. The average Bonchev–Trinajstić information content (AvgIpc) is 2.93. The Morgan fingerprint density at radius 2 is 2.21 bits per heavy atom. The van der Waals surface area contributed by atoms with Crippen molar-refractivity contribution in [3.63, 3.8) is 0 Å². The lowest BCUT2D eigenvalue weighted by molar-refractivity contribution is 0.390. The number of amidine groups is 1. The van der Waals surface area contributed by atoms with Crippen LogP contribution in [0.25, 0.3) is 0 Å². The number of fused-ring (bicyclic) bond motifs is 1. The van der Waals surface area contributed by atoms with E-state index >= 15 is 0 Å². The zero-order valence-corrected chi connectivity index (χ0v) is 10.7. The fraction of sp³-hybridized carbons (Fsp3) is 0.286. The highest BCUT2D eigenvalue weighted by molar-refractivity contribution is 6.00. The van der Waals surface area contributed by atoms with E-state index in [0.29, 0.717) is 24.5 Å². The van der Waals surface area contributed by atoms with Crippen molar-refractivity contribution in [3.05, 3.63) is 53.1 Å². The van der Waals surface area contributed by atoms with Crippen molar-refractivity contribution >= 4 is 5.84 Å². The second-order valence-electron chi connectivity index (χ2n) is 4.85. The third kappa shape index (κ3) is 2.23. The first kappa shape index (κ1) is 11.9. The lowest BCUT2D eigenvalue weighted by atomic mass is 10.1. The van der Waals surface area contributed by atoms with Crippen LogP contribution in [0.2, 0.25) is 0 Å². The van der Waals surface area contributed by atoms with Crippen LogP contribution < -0.4 is 0 Å². The van der Waals surface area contributed by atoms with Crippen LogP contribution >= 0.6 is 0 Å². The Balaban J connectivity index is 1.70. The van der Waals surface area contributed by atoms with Gasteiger partial charge in [-0.15, -0.1) is 0 Å². The molecule has 0 fully saturated rings. The summed E-state index contributed by atoms with van der Waals surface area (Å²) in [5.41, 5.74) is 2.85. The van der Waals surface area contributed by atoms with Gasteiger partial charge in [-0.25, -0.2) is 4.39 Å². The molecule has 5 heteroatoms. The standard InChI is InChI=1S/C14H15FN4/c1-10-7-17-19(8-10)5-4-18-9-11-2-3-12(15)6-13(11)14(18)16/h2-3,6-8,16H,4-5,9H2,1H3. The number of benzene rings is 1. The second-order valence-corrected chi connectivity index (χ2v) is 4.85. The van der Waals surface area contributed by atoms with Crippen LogP contribution in [0, 0.1) is 18.2 Å². The van der Waals surface area contributed by atoms with E-state index < -0.39 is 0 Å². The molecule has 0 aliphatic carbocycles. The summed E-state index contributed by atoms with van der Waals surface area (Å²) in [6.45, 7) is 4.11. The average molecular weight is 258 g/mol. The summed E-state index contributed by atoms with van der Waals surface area (Å²) < 4.78 is 15.1. The molecule has 0 amide bonds. The van der Waals surface area contributed by atoms with E-state index in [4.69, 9.17) is 5.41 Å². The van der Waals surface area contributed by atoms with Gasteiger partial charge in [-0.3, -0.25) is 10.1 Å². The summed E-state index contributed by atoms with van der Waals surface area (Å²) >= 11 is 0. The summed E-state index contributed by atoms with van der Waals surface area (Å²) in [6.07, 6.45) is 3.80. The zero-order chi connectivity index (χ0) is 13.4. The monoisotopic (exact) mass is 258 g/mol. The minimum absolute atomic E-state index is 0.284. The van der Waals surface area contributed by atoms with Crippen LogP contribution in [0.4, 0.5) is 4.39 Å². The predicted molar refractivity (Wildman–Crippen MR) is 70.6 cm³/mol. The number of aromatic nitrogens is 2. The third-order valence-corrected chi connectivity index (χ3v) is 3.37. The molecule has 0 unspecified atom stereocenters. The molecule has 1 aliphatic heterocycles. The molecule has 2 heterocycles. The molecular weight excluding hydrogens is 243 g/mol. The van der Waals surface area contributed by atoms with E-state index in [1.807, 2.05) is 28.9 Å². The Morgan fingerprint density at radius 3 is 2.95 bits per heavy atom. The van der Waals surface area contributed by atoms with E-state index in [9.17, 15) is 4.39 Å². The minimum Gasteiger partial charge on any atom is -0.350 e. The van der Waals surface area contributed by atoms with E-state index in [0.717, 1.165) is 17.7 Å². The molecule has 0 saturated heterocycles. The highest BCUT2D eigenvalue weighted by Crippen LogP contribution is 2.23. The summed E-state index contributed by atoms with van der Waals surface area (Å²) in [5, 5.41) is 12.3. The molecule has 0 atom stereocenters. The molecule has 0 radical (unpaired) electrons. The summed E-state index contributed by atoms with van der Waals surface area (Å²) in [7, 11) is 0. The first-order valence-corrected chi connectivity index (χ1v) is 6.25. The molecule has 0 bridgehead atoms. The number of hydrogen-bond acceptors (Lipinski definition) is 2. The number of hydrogen-bond donors (Lipinski definition) is 1. The van der Waals surface area contributed by atoms with Gasteiger partial charge in [-0.2, -0.15) is 5.10 Å². The largest absolute Gasteiger partial charge is 0.350 e. The molecular formula is C14H15FN4. The molecule has 98 valence electrons. The molecule has 2 aromatic rings. The Labute approximate surface area is 111 Å². The molecule has 1 aliphatic rings. The minimum atomic E-state index is -0.284. The van der Waals surface area contributed by atoms with Gasteiger partial charge in [0, 0.05) is 24.8 Å². The van der Waals surface area contributed by atoms with Crippen LogP contribution in [0.1, 0.15) is 16.7 Å². The highest BCUT2D eigenvalue weighted by atomic mass is 19.1. The first-order chi connectivity index (χ1) is 9.13. The normalized spacial score (nSPS) is 14.0. The molecule has 0 spiro atoms. The van der Waals surface area contributed by atoms with Gasteiger partial charge in [0.2, 0.25) is 0 Å². The Morgan fingerprint density at radius 1 is 1.37 bits per heavy atom. The second kappa shape index (κ2) is 4.50. The SMILES string of the molecule is Cc1cnn(CCN2Cc3ccc(F)cc3C2=N)c1. The lowest BCUT2D eigenvalue weighted by Gasteiger charge is -2.17. The Kier molecular flexibility index (Phi) is 2.81. The maximum absolute atomic E-state index is 13.2. The highest BCUT2D eigenvalue weighted by Gasteiger charge is 2.24. The van der Waals surface area contributed by atoms with Crippen LogP contribution in [-0.2, 0) is 13.1 Å². The van der Waals surface area contributed by atoms with Gasteiger partial charge in [-0.1, -0.05) is 6.07 Å². The smallest absolute Gasteiger partial charge is 0.128 e. The molecule has 1 aromatic heterocycles. The molecule has 4 nitrogen and oxygen atoms in total. The van der Waals surface area contributed by atoms with Gasteiger partial charge in [0.05, 0.1) is 12.7 Å². The van der Waals surface area contributed by atoms with E-state index in [2.05, 4.69) is 5.10 Å². The predicted octanol–water partition coefficient (Wildman–Crippen LogP) is 2.17. The maximum atomic E-state index is 13.2. The molecule has 1 aromatic carbocycles. The van der Waals surface area contributed by atoms with Gasteiger partial charge >= 0.3 is 0 Å². The van der Waals surface area contributed by atoms with Crippen molar-refractivity contribution in [2.45, 2.75) is 20.0 Å². The van der Waals surface area contributed by atoms with Gasteiger partial charge in [0.25, 0.3) is 0 Å². The quantitative estimate of drug-likeness (QED) is 0.917. The fourth-order valence-electron chi connectivity index (χ4n) is 2.37. The van der Waals surface area contributed by atoms with Crippen molar-refractivity contribution in [2.75, 3.05) is 6.54 Å². The molecule has 3 rings (SSSR count). The van der Waals surface area contributed by atoms with Crippen molar-refractivity contribution in [3.8, 4) is 0 Å². The number of aryl methyl sites for hydroxylation is 1. The van der Waals surface area contributed by atoms with Crippen molar-refractivity contribution in [1.82, 2.24) is 14.7 Å². The molecule has 1 N–H and O–H groups in total. The van der Waals surface area contributed by atoms with Gasteiger partial charge in [0.1, 0.15) is 11.7 Å². The van der Waals surface area contributed by atoms with E-state index in [1.54, 1.807) is 6.07 Å².